The van der Waals surface area contributed by atoms with Crippen molar-refractivity contribution in [1.82, 2.24) is 9.38 Å². The molecule has 3 aromatic rings. The van der Waals surface area contributed by atoms with Gasteiger partial charge in [0, 0.05) is 18.2 Å². The summed E-state index contributed by atoms with van der Waals surface area (Å²) in [7, 11) is 0. The smallest absolute Gasteiger partial charge is 0.137 e. The molecule has 2 aromatic heterocycles. The van der Waals surface area contributed by atoms with Gasteiger partial charge < -0.3 is 10.1 Å². The zero-order valence-electron chi connectivity index (χ0n) is 12.4. The van der Waals surface area contributed by atoms with Gasteiger partial charge in [0.2, 0.25) is 0 Å². The molecule has 0 saturated carbocycles. The number of rotatable bonds is 3. The Morgan fingerprint density at radius 1 is 1.23 bits per heavy atom. The van der Waals surface area contributed by atoms with E-state index < -0.39 is 0 Å². The van der Waals surface area contributed by atoms with Gasteiger partial charge in [0.15, 0.2) is 0 Å². The molecule has 0 atom stereocenters. The second-order valence-corrected chi connectivity index (χ2v) is 6.39. The van der Waals surface area contributed by atoms with E-state index >= 15 is 0 Å². The monoisotopic (exact) mass is 329 g/mol. The molecule has 3 nitrogen and oxygen atoms in total. The predicted molar refractivity (Wildman–Crippen MR) is 95.6 cm³/mol. The van der Waals surface area contributed by atoms with E-state index in [1.54, 1.807) is 0 Å². The molecule has 5 heteroatoms. The fourth-order valence-electron chi connectivity index (χ4n) is 2.52. The molecule has 0 aliphatic carbocycles. The molecule has 3 rings (SSSR count). The first kappa shape index (κ1) is 15.0. The highest BCUT2D eigenvalue weighted by atomic mass is 35.5. The van der Waals surface area contributed by atoms with Gasteiger partial charge in [-0.1, -0.05) is 36.0 Å². The van der Waals surface area contributed by atoms with Crippen molar-refractivity contribution in [3.8, 4) is 11.3 Å². The van der Waals surface area contributed by atoms with Crippen LogP contribution in [0.5, 0.6) is 0 Å². The Hall–Kier alpha value is -1.91. The lowest BCUT2D eigenvalue weighted by Crippen LogP contribution is -2.13. The van der Waals surface area contributed by atoms with Gasteiger partial charge in [-0.2, -0.15) is 0 Å². The summed E-state index contributed by atoms with van der Waals surface area (Å²) in [6.07, 6.45) is 2.33. The summed E-state index contributed by atoms with van der Waals surface area (Å²) in [6, 6.07) is 10.1. The summed E-state index contributed by atoms with van der Waals surface area (Å²) in [5, 5.41) is 0.653. The number of benzene rings is 1. The normalized spacial score (nSPS) is 11.0. The summed E-state index contributed by atoms with van der Waals surface area (Å²) in [5.41, 5.74) is 12.0. The third-order valence-electron chi connectivity index (χ3n) is 3.80. The third kappa shape index (κ3) is 2.72. The molecule has 112 valence electrons. The number of thiocarbonyl (C=S) groups is 1. The van der Waals surface area contributed by atoms with E-state index in [9.17, 15) is 0 Å². The lowest BCUT2D eigenvalue weighted by molar-refractivity contribution is 1.07. The topological polar surface area (TPSA) is 43.3 Å². The van der Waals surface area contributed by atoms with Crippen LogP contribution in [0.4, 0.5) is 0 Å². The Morgan fingerprint density at radius 2 is 2.00 bits per heavy atom. The minimum absolute atomic E-state index is 0.437. The molecule has 0 saturated heterocycles. The first-order chi connectivity index (χ1) is 10.5. The molecule has 2 N–H and O–H groups in total. The maximum absolute atomic E-state index is 6.12. The molecule has 0 radical (unpaired) electrons. The van der Waals surface area contributed by atoms with Gasteiger partial charge in [0.05, 0.1) is 21.4 Å². The average molecular weight is 330 g/mol. The van der Waals surface area contributed by atoms with Crippen molar-refractivity contribution in [2.45, 2.75) is 20.3 Å². The van der Waals surface area contributed by atoms with Crippen molar-refractivity contribution in [2.75, 3.05) is 0 Å². The molecule has 0 bridgehead atoms. The van der Waals surface area contributed by atoms with E-state index in [1.807, 2.05) is 22.7 Å². The van der Waals surface area contributed by atoms with Gasteiger partial charge in [-0.25, -0.2) is 4.98 Å². The second-order valence-electron chi connectivity index (χ2n) is 5.42. The summed E-state index contributed by atoms with van der Waals surface area (Å²) in [6.45, 7) is 4.19. The summed E-state index contributed by atoms with van der Waals surface area (Å²) >= 11 is 11.2. The van der Waals surface area contributed by atoms with E-state index in [4.69, 9.17) is 34.5 Å². The van der Waals surface area contributed by atoms with Gasteiger partial charge >= 0.3 is 0 Å². The lowest BCUT2D eigenvalue weighted by atomic mass is 10.0. The standard InChI is InChI=1S/C17H16ClN3S/c1-10-3-4-12(7-11(10)2)17-14(8-15(19)22)21-9-13(18)5-6-16(21)20-17/h3-7,9H,8H2,1-2H3,(H2,19,22). The van der Waals surface area contributed by atoms with E-state index in [2.05, 4.69) is 32.0 Å². The number of pyridine rings is 1. The van der Waals surface area contributed by atoms with Gasteiger partial charge in [0.25, 0.3) is 0 Å². The number of halogens is 1. The van der Waals surface area contributed by atoms with Crippen molar-refractivity contribution < 1.29 is 0 Å². The first-order valence-electron chi connectivity index (χ1n) is 6.98. The molecule has 2 heterocycles. The summed E-state index contributed by atoms with van der Waals surface area (Å²) in [5.74, 6) is 0. The van der Waals surface area contributed by atoms with Crippen LogP contribution in [0.25, 0.3) is 16.9 Å². The highest BCUT2D eigenvalue weighted by Crippen LogP contribution is 2.27. The van der Waals surface area contributed by atoms with Crippen LogP contribution in [-0.2, 0) is 6.42 Å². The molecule has 0 fully saturated rings. The first-order valence-corrected chi connectivity index (χ1v) is 7.77. The average Bonchev–Trinajstić information content (AvgIpc) is 2.79. The van der Waals surface area contributed by atoms with Gasteiger partial charge in [0.1, 0.15) is 5.65 Å². The number of hydrogen-bond donors (Lipinski definition) is 1. The lowest BCUT2D eigenvalue weighted by Gasteiger charge is -2.07. The maximum Gasteiger partial charge on any atom is 0.137 e. The van der Waals surface area contributed by atoms with Crippen LogP contribution in [0.2, 0.25) is 5.02 Å². The van der Waals surface area contributed by atoms with Crippen molar-refractivity contribution in [2.24, 2.45) is 5.73 Å². The largest absolute Gasteiger partial charge is 0.393 e. The van der Waals surface area contributed by atoms with Crippen molar-refractivity contribution >= 4 is 34.5 Å². The molecule has 0 unspecified atom stereocenters. The molecule has 0 aliphatic heterocycles. The van der Waals surface area contributed by atoms with E-state index in [0.717, 1.165) is 22.6 Å². The van der Waals surface area contributed by atoms with Crippen molar-refractivity contribution in [1.29, 1.82) is 0 Å². The number of fused-ring (bicyclic) bond motifs is 1. The fourth-order valence-corrected chi connectivity index (χ4v) is 2.82. The number of aryl methyl sites for hydroxylation is 2. The molecule has 0 aliphatic rings. The van der Waals surface area contributed by atoms with E-state index in [0.29, 0.717) is 16.4 Å². The van der Waals surface area contributed by atoms with Crippen LogP contribution in [0, 0.1) is 13.8 Å². The highest BCUT2D eigenvalue weighted by molar-refractivity contribution is 7.80. The number of nitrogens with two attached hydrogens (primary N) is 1. The quantitative estimate of drug-likeness (QED) is 0.736. The van der Waals surface area contributed by atoms with Crippen LogP contribution in [0.15, 0.2) is 36.5 Å². The number of hydrogen-bond acceptors (Lipinski definition) is 2. The summed E-state index contributed by atoms with van der Waals surface area (Å²) in [4.78, 5) is 5.17. The van der Waals surface area contributed by atoms with Gasteiger partial charge in [-0.3, -0.25) is 0 Å². The van der Waals surface area contributed by atoms with Gasteiger partial charge in [-0.15, -0.1) is 0 Å². The Balaban J connectivity index is 2.27. The minimum Gasteiger partial charge on any atom is -0.393 e. The van der Waals surface area contributed by atoms with Crippen LogP contribution in [0.1, 0.15) is 16.8 Å². The van der Waals surface area contributed by atoms with E-state index in [-0.39, 0.29) is 0 Å². The van der Waals surface area contributed by atoms with Crippen LogP contribution in [-0.4, -0.2) is 14.4 Å². The zero-order valence-corrected chi connectivity index (χ0v) is 14.0. The number of imidazole rings is 1. The SMILES string of the molecule is Cc1ccc(-c2nc3ccc(Cl)cn3c2CC(N)=S)cc1C. The van der Waals surface area contributed by atoms with Crippen LogP contribution >= 0.6 is 23.8 Å². The molecule has 1 aromatic carbocycles. The summed E-state index contributed by atoms with van der Waals surface area (Å²) < 4.78 is 1.96. The third-order valence-corrected chi connectivity index (χ3v) is 4.17. The Kier molecular flexibility index (Phi) is 3.89. The van der Waals surface area contributed by atoms with Crippen LogP contribution in [0.3, 0.4) is 0 Å². The van der Waals surface area contributed by atoms with Crippen molar-refractivity contribution in [3.05, 3.63) is 58.4 Å². The highest BCUT2D eigenvalue weighted by Gasteiger charge is 2.15. The Morgan fingerprint density at radius 3 is 2.68 bits per heavy atom. The number of nitrogens with zero attached hydrogens (tertiary/aromatic N) is 2. The molecule has 0 spiro atoms. The molecular weight excluding hydrogens is 314 g/mol. The molecular formula is C17H16ClN3S. The zero-order chi connectivity index (χ0) is 15.9. The minimum atomic E-state index is 0.437. The Bertz CT molecular complexity index is 883. The van der Waals surface area contributed by atoms with Crippen molar-refractivity contribution in [3.63, 3.8) is 0 Å². The maximum atomic E-state index is 6.12. The predicted octanol–water partition coefficient (Wildman–Crippen LogP) is 4.10. The van der Waals surface area contributed by atoms with Gasteiger partial charge in [-0.05, 0) is 43.2 Å². The fraction of sp³-hybridized carbons (Fsp3) is 0.176. The van der Waals surface area contributed by atoms with Crippen LogP contribution < -0.4 is 5.73 Å². The second kappa shape index (κ2) is 5.71. The molecule has 22 heavy (non-hydrogen) atoms. The number of aromatic nitrogens is 2. The molecule has 0 amide bonds. The van der Waals surface area contributed by atoms with E-state index in [1.165, 1.54) is 11.1 Å². The Labute approximate surface area is 139 Å².